The maximum absolute atomic E-state index is 9.67. The molecule has 1 fully saturated rings. The summed E-state index contributed by atoms with van der Waals surface area (Å²) in [7, 11) is 0. The molecule has 1 aliphatic carbocycles. The molecule has 2 aromatic rings. The summed E-state index contributed by atoms with van der Waals surface area (Å²) in [5, 5.41) is 14.5. The molecular formula is C21H22ClN3OS. The zero-order valence-electron chi connectivity index (χ0n) is 15.2. The number of nitrogens with zero attached hydrogens (tertiary/aromatic N) is 2. The van der Waals surface area contributed by atoms with Crippen molar-refractivity contribution in [2.24, 2.45) is 4.99 Å². The third-order valence-electron chi connectivity index (χ3n) is 5.51. The molecule has 4 rings (SSSR count). The molecule has 0 unspecified atom stereocenters. The fourth-order valence-electron chi connectivity index (χ4n) is 4.10. The Hall–Kier alpha value is -2.11. The van der Waals surface area contributed by atoms with E-state index in [9.17, 15) is 5.11 Å². The Balaban J connectivity index is 1.74. The monoisotopic (exact) mass is 399 g/mol. The number of aryl methyl sites for hydroxylation is 1. The van der Waals surface area contributed by atoms with Crippen LogP contribution in [0.25, 0.3) is 0 Å². The number of phenolic OH excluding ortho intramolecular Hbond substituents is 1. The van der Waals surface area contributed by atoms with Gasteiger partial charge in [0, 0.05) is 16.4 Å². The highest BCUT2D eigenvalue weighted by molar-refractivity contribution is 7.80. The Bertz CT molecular complexity index is 904. The minimum atomic E-state index is -0.277. The van der Waals surface area contributed by atoms with Crippen LogP contribution in [-0.2, 0) is 0 Å². The van der Waals surface area contributed by atoms with Gasteiger partial charge in [0.25, 0.3) is 0 Å². The summed E-state index contributed by atoms with van der Waals surface area (Å²) < 4.78 is 0. The first-order chi connectivity index (χ1) is 13.0. The molecule has 2 aliphatic rings. The summed E-state index contributed by atoms with van der Waals surface area (Å²) in [6.45, 7) is 2.05. The molecular weight excluding hydrogens is 378 g/mol. The smallest absolute Gasteiger partial charge is 0.202 e. The van der Waals surface area contributed by atoms with E-state index in [0.29, 0.717) is 10.1 Å². The predicted molar refractivity (Wildman–Crippen MR) is 116 cm³/mol. The second kappa shape index (κ2) is 7.13. The topological polar surface area (TPSA) is 47.9 Å². The Morgan fingerprint density at radius 1 is 1.11 bits per heavy atom. The number of benzene rings is 2. The number of halogens is 1. The fraction of sp³-hybridized carbons (Fsp3) is 0.333. The maximum atomic E-state index is 9.67. The lowest BCUT2D eigenvalue weighted by Gasteiger charge is -2.43. The molecule has 0 bridgehead atoms. The van der Waals surface area contributed by atoms with Crippen LogP contribution in [0.1, 0.15) is 37.7 Å². The highest BCUT2D eigenvalue weighted by Crippen LogP contribution is 2.42. The van der Waals surface area contributed by atoms with Gasteiger partial charge in [-0.25, -0.2) is 4.99 Å². The molecule has 0 saturated heterocycles. The molecule has 140 valence electrons. The van der Waals surface area contributed by atoms with Crippen molar-refractivity contribution >= 4 is 46.1 Å². The first-order valence-corrected chi connectivity index (χ1v) is 10.0. The number of phenols is 1. The molecule has 0 amide bonds. The van der Waals surface area contributed by atoms with Crippen molar-refractivity contribution in [2.45, 2.75) is 44.6 Å². The molecule has 6 heteroatoms. The van der Waals surface area contributed by atoms with Crippen LogP contribution in [-0.4, -0.2) is 21.6 Å². The molecule has 27 heavy (non-hydrogen) atoms. The quantitative estimate of drug-likeness (QED) is 0.638. The van der Waals surface area contributed by atoms with Gasteiger partial charge in [-0.3, -0.25) is 0 Å². The van der Waals surface area contributed by atoms with E-state index in [2.05, 4.69) is 17.1 Å². The summed E-state index contributed by atoms with van der Waals surface area (Å²) in [6, 6.07) is 13.0. The molecule has 0 atom stereocenters. The molecule has 1 saturated carbocycles. The van der Waals surface area contributed by atoms with Crippen molar-refractivity contribution < 1.29 is 5.11 Å². The van der Waals surface area contributed by atoms with Crippen LogP contribution in [0.3, 0.4) is 0 Å². The van der Waals surface area contributed by atoms with Crippen molar-refractivity contribution in [1.82, 2.24) is 0 Å². The van der Waals surface area contributed by atoms with E-state index in [1.807, 2.05) is 30.3 Å². The number of hydrogen-bond donors (Lipinski definition) is 2. The molecule has 1 heterocycles. The summed E-state index contributed by atoms with van der Waals surface area (Å²) in [6.07, 6.45) is 5.46. The van der Waals surface area contributed by atoms with E-state index in [0.717, 1.165) is 48.5 Å². The van der Waals surface area contributed by atoms with Crippen molar-refractivity contribution in [3.63, 3.8) is 0 Å². The number of aliphatic imine (C=N–C) groups is 1. The van der Waals surface area contributed by atoms with Gasteiger partial charge in [0.1, 0.15) is 17.1 Å². The second-order valence-electron chi connectivity index (χ2n) is 7.27. The summed E-state index contributed by atoms with van der Waals surface area (Å²) in [5.74, 6) is 1.14. The summed E-state index contributed by atoms with van der Waals surface area (Å²) >= 11 is 11.9. The average Bonchev–Trinajstić information content (AvgIpc) is 2.91. The lowest BCUT2D eigenvalue weighted by Crippen LogP contribution is -2.55. The zero-order valence-corrected chi connectivity index (χ0v) is 16.8. The fourth-order valence-corrected chi connectivity index (χ4v) is 4.64. The van der Waals surface area contributed by atoms with Crippen LogP contribution in [0.2, 0.25) is 5.02 Å². The van der Waals surface area contributed by atoms with Gasteiger partial charge in [0.2, 0.25) is 5.11 Å². The van der Waals surface area contributed by atoms with E-state index in [1.165, 1.54) is 6.42 Å². The SMILES string of the molecule is Cc1ccc(Cl)cc1NC1=NC(=S)N(c2ccc(O)cc2)C12CCCCC2. The van der Waals surface area contributed by atoms with Gasteiger partial charge in [-0.15, -0.1) is 0 Å². The third kappa shape index (κ3) is 3.30. The lowest BCUT2D eigenvalue weighted by atomic mass is 9.79. The van der Waals surface area contributed by atoms with Crippen LogP contribution in [0.4, 0.5) is 11.4 Å². The molecule has 2 N–H and O–H groups in total. The number of thiocarbonyl (C=S) groups is 1. The van der Waals surface area contributed by atoms with Crippen LogP contribution < -0.4 is 10.2 Å². The van der Waals surface area contributed by atoms with E-state index >= 15 is 0 Å². The third-order valence-corrected chi connectivity index (χ3v) is 6.02. The highest BCUT2D eigenvalue weighted by Gasteiger charge is 2.49. The van der Waals surface area contributed by atoms with Gasteiger partial charge in [0.05, 0.1) is 0 Å². The highest BCUT2D eigenvalue weighted by atomic mass is 35.5. The molecule has 0 radical (unpaired) electrons. The van der Waals surface area contributed by atoms with Gasteiger partial charge in [-0.1, -0.05) is 36.9 Å². The standard InChI is InChI=1S/C21H22ClN3OS/c1-14-5-6-15(22)13-18(14)23-19-21(11-3-2-4-12-21)25(20(27)24-19)16-7-9-17(26)10-8-16/h5-10,13,26H,2-4,11-12H2,1H3,(H,23,24,27). The molecule has 2 aromatic carbocycles. The number of hydrogen-bond acceptors (Lipinski definition) is 3. The normalized spacial score (nSPS) is 18.7. The van der Waals surface area contributed by atoms with Gasteiger partial charge in [-0.05, 0) is 73.9 Å². The first-order valence-electron chi connectivity index (χ1n) is 9.25. The van der Waals surface area contributed by atoms with Gasteiger partial charge in [-0.2, -0.15) is 0 Å². The molecule has 1 aliphatic heterocycles. The number of amidine groups is 1. The lowest BCUT2D eigenvalue weighted by molar-refractivity contribution is 0.386. The number of aromatic hydroxyl groups is 1. The van der Waals surface area contributed by atoms with Crippen LogP contribution in [0.15, 0.2) is 47.5 Å². The molecule has 4 nitrogen and oxygen atoms in total. The number of anilines is 2. The van der Waals surface area contributed by atoms with Crippen molar-refractivity contribution in [3.05, 3.63) is 53.1 Å². The van der Waals surface area contributed by atoms with E-state index < -0.39 is 0 Å². The Morgan fingerprint density at radius 3 is 2.52 bits per heavy atom. The number of rotatable bonds is 2. The zero-order chi connectivity index (χ0) is 19.0. The van der Waals surface area contributed by atoms with Crippen molar-refractivity contribution in [2.75, 3.05) is 10.2 Å². The first kappa shape index (κ1) is 18.3. The minimum Gasteiger partial charge on any atom is -0.508 e. The Morgan fingerprint density at radius 2 is 1.81 bits per heavy atom. The second-order valence-corrected chi connectivity index (χ2v) is 8.07. The van der Waals surface area contributed by atoms with E-state index in [4.69, 9.17) is 28.8 Å². The van der Waals surface area contributed by atoms with E-state index in [-0.39, 0.29) is 11.3 Å². The van der Waals surface area contributed by atoms with Crippen LogP contribution in [0.5, 0.6) is 5.75 Å². The van der Waals surface area contributed by atoms with Gasteiger partial charge >= 0.3 is 0 Å². The average molecular weight is 400 g/mol. The minimum absolute atomic E-state index is 0.246. The van der Waals surface area contributed by atoms with Crippen molar-refractivity contribution in [3.8, 4) is 5.75 Å². The van der Waals surface area contributed by atoms with Crippen molar-refractivity contribution in [1.29, 1.82) is 0 Å². The Labute approximate surface area is 169 Å². The molecule has 1 spiro atoms. The molecule has 0 aromatic heterocycles. The summed E-state index contributed by atoms with van der Waals surface area (Å²) in [4.78, 5) is 6.92. The van der Waals surface area contributed by atoms with Crippen LogP contribution in [0, 0.1) is 6.92 Å². The number of nitrogens with one attached hydrogen (secondary N) is 1. The summed E-state index contributed by atoms with van der Waals surface area (Å²) in [5.41, 5.74) is 2.76. The van der Waals surface area contributed by atoms with Gasteiger partial charge < -0.3 is 15.3 Å². The largest absolute Gasteiger partial charge is 0.508 e. The van der Waals surface area contributed by atoms with Crippen LogP contribution >= 0.6 is 23.8 Å². The predicted octanol–water partition coefficient (Wildman–Crippen LogP) is 5.67. The van der Waals surface area contributed by atoms with Gasteiger partial charge in [0.15, 0.2) is 0 Å². The maximum Gasteiger partial charge on any atom is 0.202 e. The Kier molecular flexibility index (Phi) is 4.82. The van der Waals surface area contributed by atoms with E-state index in [1.54, 1.807) is 12.1 Å².